The van der Waals surface area contributed by atoms with Crippen molar-refractivity contribution in [3.63, 3.8) is 0 Å². The van der Waals surface area contributed by atoms with Gasteiger partial charge in [0.05, 0.1) is 0 Å². The van der Waals surface area contributed by atoms with Gasteiger partial charge in [0, 0.05) is 0 Å². The Bertz CT molecular complexity index is 455. The fourth-order valence-corrected chi connectivity index (χ4v) is 1.55. The van der Waals surface area contributed by atoms with E-state index in [2.05, 4.69) is 89.3 Å². The van der Waals surface area contributed by atoms with Crippen molar-refractivity contribution in [1.29, 1.82) is 0 Å². The van der Waals surface area contributed by atoms with Crippen molar-refractivity contribution in [2.75, 3.05) is 0 Å². The summed E-state index contributed by atoms with van der Waals surface area (Å²) in [5.74, 6) is 1.37. The van der Waals surface area contributed by atoms with Gasteiger partial charge in [0.2, 0.25) is 0 Å². The summed E-state index contributed by atoms with van der Waals surface area (Å²) in [4.78, 5) is 0. The van der Waals surface area contributed by atoms with E-state index in [0.29, 0.717) is 11.8 Å². The first-order chi connectivity index (χ1) is 10.3. The molecule has 2 aromatic carbocycles. The Hall–Kier alpha value is 0.380. The normalized spacial score (nSPS) is 9.73. The molecule has 0 fully saturated rings. The second-order valence-corrected chi connectivity index (χ2v) is 29.0. The van der Waals surface area contributed by atoms with Gasteiger partial charge in [-0.1, -0.05) is 39.5 Å². The van der Waals surface area contributed by atoms with Crippen LogP contribution in [0.15, 0.2) is 48.5 Å². The van der Waals surface area contributed by atoms with E-state index in [-0.39, 0.29) is 5.43 Å². The molecule has 124 valence electrons. The fourth-order valence-electron chi connectivity index (χ4n) is 1.55. The topological polar surface area (TPSA) is 0 Å². The van der Waals surface area contributed by atoms with Crippen molar-refractivity contribution in [1.82, 2.24) is 0 Å². The van der Waals surface area contributed by atoms with Gasteiger partial charge in [-0.2, -0.15) is 47.5 Å². The number of hydrogen-bond acceptors (Lipinski definition) is 0. The Kier molecular flexibility index (Phi) is 13.0. The summed E-state index contributed by atoms with van der Waals surface area (Å²) in [5.41, 5.74) is 2.65. The van der Waals surface area contributed by atoms with Crippen molar-refractivity contribution >= 4 is 22.5 Å². The van der Waals surface area contributed by atoms with Gasteiger partial charge in [-0.15, -0.1) is 0 Å². The van der Waals surface area contributed by atoms with E-state index in [1.54, 1.807) is 0 Å². The van der Waals surface area contributed by atoms with Gasteiger partial charge in [0.15, 0.2) is 0 Å². The Morgan fingerprint density at radius 1 is 0.864 bits per heavy atom. The first-order valence-electron chi connectivity index (χ1n) is 7.67. The number of rotatable bonds is 2. The van der Waals surface area contributed by atoms with Gasteiger partial charge in [-0.25, -0.2) is 12.1 Å². The van der Waals surface area contributed by atoms with Crippen LogP contribution in [-0.4, -0.2) is 5.43 Å². The zero-order valence-electron chi connectivity index (χ0n) is 14.5. The molecule has 0 heterocycles. The van der Waals surface area contributed by atoms with E-state index in [0.717, 1.165) is 0 Å². The van der Waals surface area contributed by atoms with Crippen molar-refractivity contribution in [2.24, 2.45) is 0 Å². The molecule has 0 nitrogen and oxygen atoms in total. The Morgan fingerprint density at radius 3 is 1.27 bits per heavy atom. The molecule has 0 N–H and O–H groups in total. The van der Waals surface area contributed by atoms with Crippen LogP contribution >= 0.6 is 17.0 Å². The minimum atomic E-state index is -1.65. The molecule has 0 aliphatic rings. The molecule has 0 aliphatic carbocycles. The molecule has 0 aliphatic heterocycles. The Labute approximate surface area is 151 Å². The third-order valence-corrected chi connectivity index (χ3v) is 22.8. The van der Waals surface area contributed by atoms with Gasteiger partial charge in [0.25, 0.3) is 0 Å². The van der Waals surface area contributed by atoms with Crippen LogP contribution in [0.1, 0.15) is 50.7 Å². The standard InChI is InChI=1S/2C8H11.C2H6Si.2ClH.Zr/c2*1-7(2)8-5-3-4-6-8;1-3-2;;;/h2*3-7H,1-2H3;1-2H3;2*1H;/q2*-1;;;;+2/p-2. The van der Waals surface area contributed by atoms with Crippen LogP contribution in [-0.2, 0) is 18.0 Å². The third kappa shape index (κ3) is 11.0. The van der Waals surface area contributed by atoms with Gasteiger partial charge >= 0.3 is 53.5 Å². The number of halogens is 2. The average Bonchev–Trinajstić information content (AvgIpc) is 3.14. The van der Waals surface area contributed by atoms with E-state index in [9.17, 15) is 0 Å². The molecular weight excluding hydrogens is 406 g/mol. The molecule has 0 atom stereocenters. The van der Waals surface area contributed by atoms with Crippen molar-refractivity contribution < 1.29 is 18.0 Å². The van der Waals surface area contributed by atoms with Gasteiger partial charge in [-0.05, 0) is 0 Å². The van der Waals surface area contributed by atoms with Crippen LogP contribution < -0.4 is 0 Å². The van der Waals surface area contributed by atoms with Crippen molar-refractivity contribution in [2.45, 2.75) is 52.6 Å². The van der Waals surface area contributed by atoms with Crippen LogP contribution in [0, 0.1) is 0 Å². The minimum absolute atomic E-state index is 0.224. The molecule has 4 heteroatoms. The predicted molar refractivity (Wildman–Crippen MR) is 101 cm³/mol. The summed E-state index contributed by atoms with van der Waals surface area (Å²) in [7, 11) is 11.2. The summed E-state index contributed by atoms with van der Waals surface area (Å²) in [5, 5.41) is 0. The molecule has 0 spiro atoms. The predicted octanol–water partition coefficient (Wildman–Crippen LogP) is 7.22. The monoisotopic (exact) mass is 432 g/mol. The van der Waals surface area contributed by atoms with Crippen LogP contribution in [0.2, 0.25) is 13.1 Å². The van der Waals surface area contributed by atoms with Crippen LogP contribution in [0.4, 0.5) is 0 Å². The summed E-state index contributed by atoms with van der Waals surface area (Å²) in [6.07, 6.45) is 0. The molecule has 0 radical (unpaired) electrons. The van der Waals surface area contributed by atoms with Crippen LogP contribution in [0.25, 0.3) is 0 Å². The molecule has 2 aromatic rings. The van der Waals surface area contributed by atoms with Gasteiger partial charge < -0.3 is 0 Å². The second kappa shape index (κ2) is 12.8. The maximum atomic E-state index is 5.62. The zero-order chi connectivity index (χ0) is 17.1. The van der Waals surface area contributed by atoms with Crippen LogP contribution in [0.5, 0.6) is 0 Å². The SMILES string of the molecule is CC(C)c1cc[cH-]c1.CC(C)c1cc[cH-]c1.C[Si](C)=[Zr]([Cl])[Cl]. The fraction of sp³-hybridized carbons (Fsp3) is 0.444. The van der Waals surface area contributed by atoms with Crippen molar-refractivity contribution in [3.8, 4) is 0 Å². The van der Waals surface area contributed by atoms with E-state index in [4.69, 9.17) is 17.0 Å². The molecule has 0 amide bonds. The molecule has 0 bridgehead atoms. The van der Waals surface area contributed by atoms with E-state index < -0.39 is 18.0 Å². The molecular formula is C18H28Cl2SiZr-2. The quantitative estimate of drug-likeness (QED) is 0.346. The second-order valence-electron chi connectivity index (χ2n) is 6.01. The maximum absolute atomic E-state index is 5.62. The van der Waals surface area contributed by atoms with Crippen molar-refractivity contribution in [3.05, 3.63) is 59.7 Å². The van der Waals surface area contributed by atoms with E-state index in [1.165, 1.54) is 11.1 Å². The summed E-state index contributed by atoms with van der Waals surface area (Å²) in [6, 6.07) is 16.9. The Morgan fingerprint density at radius 2 is 1.18 bits per heavy atom. The molecule has 0 saturated carbocycles. The van der Waals surface area contributed by atoms with Gasteiger partial charge in [0.1, 0.15) is 0 Å². The number of hydrogen-bond donors (Lipinski definition) is 0. The molecule has 0 saturated heterocycles. The van der Waals surface area contributed by atoms with Gasteiger partial charge in [-0.3, -0.25) is 0 Å². The molecule has 0 unspecified atom stereocenters. The average molecular weight is 435 g/mol. The Balaban J connectivity index is 0.000000306. The van der Waals surface area contributed by atoms with E-state index >= 15 is 0 Å². The molecule has 22 heavy (non-hydrogen) atoms. The zero-order valence-corrected chi connectivity index (χ0v) is 19.5. The summed E-state index contributed by atoms with van der Waals surface area (Å²) >= 11 is -1.65. The summed E-state index contributed by atoms with van der Waals surface area (Å²) < 4.78 is 0. The van der Waals surface area contributed by atoms with E-state index in [1.807, 2.05) is 0 Å². The first-order valence-corrected chi connectivity index (χ1v) is 20.2. The van der Waals surface area contributed by atoms with Crippen LogP contribution in [0.3, 0.4) is 0 Å². The summed E-state index contributed by atoms with van der Waals surface area (Å²) in [6.45, 7) is 13.1. The molecule has 0 aromatic heterocycles. The third-order valence-electron chi connectivity index (χ3n) is 3.09. The first kappa shape index (κ1) is 22.4. The molecule has 2 rings (SSSR count).